The molecule has 5 heteroatoms. The minimum absolute atomic E-state index is 0.0351. The maximum Gasteiger partial charge on any atom is 0.251 e. The van der Waals surface area contributed by atoms with Crippen LogP contribution < -0.4 is 10.1 Å². The summed E-state index contributed by atoms with van der Waals surface area (Å²) in [6.45, 7) is 2.86. The monoisotopic (exact) mass is 330 g/mol. The molecule has 2 heterocycles. The zero-order valence-electron chi connectivity index (χ0n) is 13.3. The van der Waals surface area contributed by atoms with E-state index < -0.39 is 0 Å². The van der Waals surface area contributed by atoms with Gasteiger partial charge in [0.2, 0.25) is 0 Å². The summed E-state index contributed by atoms with van der Waals surface area (Å²) >= 11 is 1.71. The lowest BCUT2D eigenvalue weighted by atomic mass is 10.1. The molecule has 23 heavy (non-hydrogen) atoms. The molecule has 0 bridgehead atoms. The lowest BCUT2D eigenvalue weighted by Crippen LogP contribution is -2.36. The molecule has 4 nitrogen and oxygen atoms in total. The van der Waals surface area contributed by atoms with E-state index in [4.69, 9.17) is 4.74 Å². The van der Waals surface area contributed by atoms with Gasteiger partial charge in [0.1, 0.15) is 5.75 Å². The smallest absolute Gasteiger partial charge is 0.251 e. The molecule has 1 aliphatic heterocycles. The summed E-state index contributed by atoms with van der Waals surface area (Å²) in [6.07, 6.45) is 2.49. The Labute approximate surface area is 141 Å². The van der Waals surface area contributed by atoms with Gasteiger partial charge in [0, 0.05) is 12.1 Å². The van der Waals surface area contributed by atoms with Crippen LogP contribution in [0.15, 0.2) is 41.1 Å². The van der Waals surface area contributed by atoms with Crippen molar-refractivity contribution in [1.29, 1.82) is 0 Å². The van der Waals surface area contributed by atoms with E-state index in [1.807, 2.05) is 12.1 Å². The molecule has 2 aromatic rings. The molecule has 1 N–H and O–H groups in total. The molecule has 1 aromatic carbocycles. The average Bonchev–Trinajstić information content (AvgIpc) is 3.29. The standard InChI is InChI=1S/C18H22N2O2S/c1-22-16-6-4-14(5-7-16)18(21)19-12-17(15-8-11-23-13-15)20-9-2-3-10-20/h4-8,11,13,17H,2-3,9-10,12H2,1H3,(H,19,21)/t17-/m0/s1. The van der Waals surface area contributed by atoms with Gasteiger partial charge in [-0.2, -0.15) is 11.3 Å². The van der Waals surface area contributed by atoms with Gasteiger partial charge < -0.3 is 10.1 Å². The predicted molar refractivity (Wildman–Crippen MR) is 93.2 cm³/mol. The number of nitrogens with one attached hydrogen (secondary N) is 1. The number of amides is 1. The van der Waals surface area contributed by atoms with Crippen LogP contribution in [0.5, 0.6) is 5.75 Å². The van der Waals surface area contributed by atoms with Crippen LogP contribution >= 0.6 is 11.3 Å². The molecule has 0 unspecified atom stereocenters. The predicted octanol–water partition coefficient (Wildman–Crippen LogP) is 3.32. The lowest BCUT2D eigenvalue weighted by Gasteiger charge is -2.27. The highest BCUT2D eigenvalue weighted by Gasteiger charge is 2.24. The van der Waals surface area contributed by atoms with Gasteiger partial charge in [0.15, 0.2) is 0 Å². The van der Waals surface area contributed by atoms with Crippen molar-refractivity contribution in [3.8, 4) is 5.75 Å². The Balaban J connectivity index is 1.64. The molecule has 1 aliphatic rings. The summed E-state index contributed by atoms with van der Waals surface area (Å²) in [6, 6.07) is 9.64. The first kappa shape index (κ1) is 16.0. The van der Waals surface area contributed by atoms with Gasteiger partial charge >= 0.3 is 0 Å². The fraction of sp³-hybridized carbons (Fsp3) is 0.389. The van der Waals surface area contributed by atoms with E-state index in [2.05, 4.69) is 27.0 Å². The van der Waals surface area contributed by atoms with Gasteiger partial charge in [0.25, 0.3) is 5.91 Å². The number of thiophene rings is 1. The van der Waals surface area contributed by atoms with E-state index in [0.29, 0.717) is 12.1 Å². The van der Waals surface area contributed by atoms with Crippen molar-refractivity contribution in [2.24, 2.45) is 0 Å². The van der Waals surface area contributed by atoms with Crippen molar-refractivity contribution in [3.63, 3.8) is 0 Å². The SMILES string of the molecule is COc1ccc(C(=O)NC[C@@H](c2ccsc2)N2CCCC2)cc1. The zero-order chi connectivity index (χ0) is 16.1. The Morgan fingerprint density at radius 1 is 1.26 bits per heavy atom. The summed E-state index contributed by atoms with van der Waals surface area (Å²) in [5.41, 5.74) is 1.96. The van der Waals surface area contributed by atoms with Crippen LogP contribution in [0.1, 0.15) is 34.8 Å². The van der Waals surface area contributed by atoms with Crippen LogP contribution in [0.3, 0.4) is 0 Å². The van der Waals surface area contributed by atoms with Gasteiger partial charge in [0.05, 0.1) is 13.2 Å². The third kappa shape index (κ3) is 3.92. The second-order valence-electron chi connectivity index (χ2n) is 5.75. The highest BCUT2D eigenvalue weighted by Crippen LogP contribution is 2.26. The molecular formula is C18H22N2O2S. The number of hydrogen-bond acceptors (Lipinski definition) is 4. The Morgan fingerprint density at radius 3 is 2.61 bits per heavy atom. The molecule has 1 aromatic heterocycles. The number of ether oxygens (including phenoxy) is 1. The third-order valence-electron chi connectivity index (χ3n) is 4.32. The molecule has 0 aliphatic carbocycles. The fourth-order valence-electron chi connectivity index (χ4n) is 3.01. The summed E-state index contributed by atoms with van der Waals surface area (Å²) < 4.78 is 5.13. The quantitative estimate of drug-likeness (QED) is 0.883. The van der Waals surface area contributed by atoms with Crippen LogP contribution in [0.4, 0.5) is 0 Å². The molecule has 3 rings (SSSR count). The van der Waals surface area contributed by atoms with E-state index in [9.17, 15) is 4.79 Å². The first-order chi connectivity index (χ1) is 11.3. The molecule has 1 saturated heterocycles. The summed E-state index contributed by atoms with van der Waals surface area (Å²) in [5, 5.41) is 7.37. The molecule has 1 amide bonds. The maximum absolute atomic E-state index is 12.4. The molecular weight excluding hydrogens is 308 g/mol. The number of benzene rings is 1. The number of rotatable bonds is 6. The van der Waals surface area contributed by atoms with E-state index in [1.165, 1.54) is 18.4 Å². The van der Waals surface area contributed by atoms with Gasteiger partial charge in [-0.3, -0.25) is 9.69 Å². The Bertz CT molecular complexity index is 619. The lowest BCUT2D eigenvalue weighted by molar-refractivity contribution is 0.0938. The minimum Gasteiger partial charge on any atom is -0.497 e. The van der Waals surface area contributed by atoms with Crippen molar-refractivity contribution in [2.75, 3.05) is 26.7 Å². The first-order valence-corrected chi connectivity index (χ1v) is 8.90. The summed E-state index contributed by atoms with van der Waals surface area (Å²) in [5.74, 6) is 0.724. The van der Waals surface area contributed by atoms with E-state index in [0.717, 1.165) is 18.8 Å². The largest absolute Gasteiger partial charge is 0.497 e. The van der Waals surface area contributed by atoms with Gasteiger partial charge in [-0.25, -0.2) is 0 Å². The minimum atomic E-state index is -0.0351. The second kappa shape index (κ2) is 7.62. The summed E-state index contributed by atoms with van der Waals surface area (Å²) in [4.78, 5) is 14.8. The average molecular weight is 330 g/mol. The van der Waals surface area contributed by atoms with E-state index in [1.54, 1.807) is 30.6 Å². The number of hydrogen-bond donors (Lipinski definition) is 1. The van der Waals surface area contributed by atoms with Gasteiger partial charge in [-0.15, -0.1) is 0 Å². The third-order valence-corrected chi connectivity index (χ3v) is 5.02. The van der Waals surface area contributed by atoms with Crippen molar-refractivity contribution in [2.45, 2.75) is 18.9 Å². The highest BCUT2D eigenvalue weighted by atomic mass is 32.1. The Morgan fingerprint density at radius 2 is 2.00 bits per heavy atom. The molecule has 1 fully saturated rings. The maximum atomic E-state index is 12.4. The Hall–Kier alpha value is -1.85. The van der Waals surface area contributed by atoms with E-state index in [-0.39, 0.29) is 11.9 Å². The zero-order valence-corrected chi connectivity index (χ0v) is 14.1. The molecule has 0 spiro atoms. The van der Waals surface area contributed by atoms with Crippen LogP contribution in [0.2, 0.25) is 0 Å². The van der Waals surface area contributed by atoms with Crippen molar-refractivity contribution < 1.29 is 9.53 Å². The van der Waals surface area contributed by atoms with Gasteiger partial charge in [-0.1, -0.05) is 0 Å². The van der Waals surface area contributed by atoms with Crippen LogP contribution in [0, 0.1) is 0 Å². The van der Waals surface area contributed by atoms with Crippen molar-refractivity contribution in [1.82, 2.24) is 10.2 Å². The second-order valence-corrected chi connectivity index (χ2v) is 6.53. The fourth-order valence-corrected chi connectivity index (χ4v) is 3.72. The molecule has 0 radical (unpaired) electrons. The van der Waals surface area contributed by atoms with Crippen molar-refractivity contribution >= 4 is 17.2 Å². The molecule has 1 atom stereocenters. The van der Waals surface area contributed by atoms with Crippen LogP contribution in [-0.4, -0.2) is 37.6 Å². The first-order valence-electron chi connectivity index (χ1n) is 7.96. The normalized spacial score (nSPS) is 16.2. The van der Waals surface area contributed by atoms with Crippen LogP contribution in [-0.2, 0) is 0 Å². The van der Waals surface area contributed by atoms with E-state index >= 15 is 0 Å². The highest BCUT2D eigenvalue weighted by molar-refractivity contribution is 7.07. The molecule has 0 saturated carbocycles. The summed E-state index contributed by atoms with van der Waals surface area (Å²) in [7, 11) is 1.62. The number of carbonyl (C=O) groups is 1. The van der Waals surface area contributed by atoms with Gasteiger partial charge in [-0.05, 0) is 72.6 Å². The Kier molecular flexibility index (Phi) is 5.31. The topological polar surface area (TPSA) is 41.6 Å². The van der Waals surface area contributed by atoms with Crippen LogP contribution in [0.25, 0.3) is 0 Å². The van der Waals surface area contributed by atoms with Crippen molar-refractivity contribution in [3.05, 3.63) is 52.2 Å². The number of carbonyl (C=O) groups excluding carboxylic acids is 1. The number of likely N-dealkylation sites (tertiary alicyclic amines) is 1. The molecule has 122 valence electrons. The number of methoxy groups -OCH3 is 1. The number of nitrogens with zero attached hydrogens (tertiary/aromatic N) is 1.